The predicted octanol–water partition coefficient (Wildman–Crippen LogP) is 1.80. The van der Waals surface area contributed by atoms with Gasteiger partial charge in [-0.15, -0.1) is 0 Å². The molecule has 2 rings (SSSR count). The number of hydrogen-bond donors (Lipinski definition) is 1. The van der Waals surface area contributed by atoms with Gasteiger partial charge in [0.2, 0.25) is 9.84 Å². The van der Waals surface area contributed by atoms with Crippen molar-refractivity contribution in [3.63, 3.8) is 0 Å². The number of alkyl halides is 2. The van der Waals surface area contributed by atoms with Gasteiger partial charge >= 0.3 is 5.76 Å². The van der Waals surface area contributed by atoms with E-state index in [9.17, 15) is 17.2 Å². The SMILES string of the molecule is NCC1CC(Oc2ccc(S(=O)(=O)C(F)F)cc2)C1. The highest BCUT2D eigenvalue weighted by Gasteiger charge is 2.30. The molecular formula is C12H15F2NO3S. The lowest BCUT2D eigenvalue weighted by molar-refractivity contribution is 0.0690. The van der Waals surface area contributed by atoms with Crippen LogP contribution in [0, 0.1) is 5.92 Å². The van der Waals surface area contributed by atoms with Crippen molar-refractivity contribution in [1.82, 2.24) is 0 Å². The van der Waals surface area contributed by atoms with Gasteiger partial charge in [-0.2, -0.15) is 8.78 Å². The lowest BCUT2D eigenvalue weighted by atomic mass is 9.82. The first-order valence-electron chi connectivity index (χ1n) is 5.92. The third kappa shape index (κ3) is 3.03. The van der Waals surface area contributed by atoms with Gasteiger partial charge in [-0.25, -0.2) is 8.42 Å². The van der Waals surface area contributed by atoms with Crippen LogP contribution in [0.3, 0.4) is 0 Å². The van der Waals surface area contributed by atoms with E-state index in [1.807, 2.05) is 0 Å². The van der Waals surface area contributed by atoms with Gasteiger partial charge in [0.05, 0.1) is 11.0 Å². The Hall–Kier alpha value is -1.21. The van der Waals surface area contributed by atoms with Gasteiger partial charge in [-0.05, 0) is 49.6 Å². The average Bonchev–Trinajstić information content (AvgIpc) is 2.33. The maximum Gasteiger partial charge on any atom is 0.341 e. The molecule has 0 aromatic heterocycles. The summed E-state index contributed by atoms with van der Waals surface area (Å²) in [7, 11) is -4.53. The number of nitrogens with two attached hydrogens (primary N) is 1. The Morgan fingerprint density at radius 2 is 1.84 bits per heavy atom. The highest BCUT2D eigenvalue weighted by Crippen LogP contribution is 2.31. The predicted molar refractivity (Wildman–Crippen MR) is 65.8 cm³/mol. The van der Waals surface area contributed by atoms with Crippen molar-refractivity contribution >= 4 is 9.84 Å². The van der Waals surface area contributed by atoms with Gasteiger partial charge in [0.25, 0.3) is 0 Å². The average molecular weight is 291 g/mol. The fourth-order valence-electron chi connectivity index (χ4n) is 1.97. The summed E-state index contributed by atoms with van der Waals surface area (Å²) in [6.07, 6.45) is 1.81. The van der Waals surface area contributed by atoms with Crippen LogP contribution in [-0.4, -0.2) is 26.8 Å². The van der Waals surface area contributed by atoms with Crippen LogP contribution in [-0.2, 0) is 9.84 Å². The molecule has 0 bridgehead atoms. The van der Waals surface area contributed by atoms with E-state index < -0.39 is 20.5 Å². The third-order valence-corrected chi connectivity index (χ3v) is 4.61. The number of benzene rings is 1. The number of halogens is 2. The van der Waals surface area contributed by atoms with E-state index in [1.165, 1.54) is 12.1 Å². The minimum Gasteiger partial charge on any atom is -0.490 e. The zero-order chi connectivity index (χ0) is 14.0. The smallest absolute Gasteiger partial charge is 0.341 e. The van der Waals surface area contributed by atoms with Gasteiger partial charge in [0, 0.05) is 0 Å². The van der Waals surface area contributed by atoms with Gasteiger partial charge < -0.3 is 10.5 Å². The van der Waals surface area contributed by atoms with Crippen LogP contribution in [0.2, 0.25) is 0 Å². The van der Waals surface area contributed by atoms with E-state index in [0.29, 0.717) is 18.2 Å². The zero-order valence-corrected chi connectivity index (χ0v) is 10.9. The van der Waals surface area contributed by atoms with Gasteiger partial charge in [0.1, 0.15) is 5.75 Å². The van der Waals surface area contributed by atoms with Crippen molar-refractivity contribution in [1.29, 1.82) is 0 Å². The molecule has 0 radical (unpaired) electrons. The number of sulfone groups is 1. The molecule has 1 aliphatic carbocycles. The largest absolute Gasteiger partial charge is 0.490 e. The normalized spacial score (nSPS) is 23.2. The van der Waals surface area contributed by atoms with Crippen LogP contribution < -0.4 is 10.5 Å². The molecule has 19 heavy (non-hydrogen) atoms. The quantitative estimate of drug-likeness (QED) is 0.898. The second-order valence-corrected chi connectivity index (χ2v) is 6.51. The lowest BCUT2D eigenvalue weighted by Crippen LogP contribution is -2.37. The van der Waals surface area contributed by atoms with E-state index in [2.05, 4.69) is 0 Å². The summed E-state index contributed by atoms with van der Waals surface area (Å²) >= 11 is 0. The van der Waals surface area contributed by atoms with Crippen molar-refractivity contribution in [3.05, 3.63) is 24.3 Å². The first kappa shape index (κ1) is 14.2. The lowest BCUT2D eigenvalue weighted by Gasteiger charge is -2.34. The Morgan fingerprint density at radius 3 is 2.32 bits per heavy atom. The van der Waals surface area contributed by atoms with Crippen LogP contribution >= 0.6 is 0 Å². The van der Waals surface area contributed by atoms with Gasteiger partial charge in [-0.3, -0.25) is 0 Å². The maximum absolute atomic E-state index is 12.3. The van der Waals surface area contributed by atoms with E-state index in [4.69, 9.17) is 10.5 Å². The van der Waals surface area contributed by atoms with Crippen LogP contribution in [0.4, 0.5) is 8.78 Å². The van der Waals surface area contributed by atoms with Crippen molar-refractivity contribution in [2.75, 3.05) is 6.54 Å². The molecule has 0 saturated heterocycles. The van der Waals surface area contributed by atoms with E-state index in [0.717, 1.165) is 25.0 Å². The van der Waals surface area contributed by atoms with Crippen LogP contribution in [0.25, 0.3) is 0 Å². The highest BCUT2D eigenvalue weighted by atomic mass is 32.2. The Morgan fingerprint density at radius 1 is 1.26 bits per heavy atom. The molecule has 1 aliphatic rings. The molecular weight excluding hydrogens is 276 g/mol. The van der Waals surface area contributed by atoms with Crippen LogP contribution in [0.15, 0.2) is 29.2 Å². The molecule has 0 spiro atoms. The van der Waals surface area contributed by atoms with E-state index in [-0.39, 0.29) is 6.10 Å². The Bertz CT molecular complexity index is 524. The van der Waals surface area contributed by atoms with Gasteiger partial charge in [0.15, 0.2) is 0 Å². The first-order chi connectivity index (χ1) is 8.93. The number of hydrogen-bond acceptors (Lipinski definition) is 4. The highest BCUT2D eigenvalue weighted by molar-refractivity contribution is 7.91. The molecule has 0 unspecified atom stereocenters. The second-order valence-electron chi connectivity index (χ2n) is 4.59. The van der Waals surface area contributed by atoms with Crippen LogP contribution in [0.5, 0.6) is 5.75 Å². The third-order valence-electron chi connectivity index (χ3n) is 3.22. The molecule has 2 N–H and O–H groups in total. The molecule has 106 valence electrons. The molecule has 0 atom stereocenters. The topological polar surface area (TPSA) is 69.4 Å². The number of rotatable bonds is 5. The van der Waals surface area contributed by atoms with Crippen molar-refractivity contribution in [2.24, 2.45) is 11.7 Å². The summed E-state index contributed by atoms with van der Waals surface area (Å²) in [4.78, 5) is -0.400. The van der Waals surface area contributed by atoms with E-state index in [1.54, 1.807) is 0 Å². The fraction of sp³-hybridized carbons (Fsp3) is 0.500. The molecule has 0 heterocycles. The fourth-order valence-corrected chi connectivity index (χ4v) is 2.69. The minimum absolute atomic E-state index is 0.0751. The Balaban J connectivity index is 2.00. The summed E-state index contributed by atoms with van der Waals surface area (Å²) in [5.74, 6) is -2.45. The molecule has 4 nitrogen and oxygen atoms in total. The minimum atomic E-state index is -4.53. The Kier molecular flexibility index (Phi) is 4.05. The molecule has 1 aromatic rings. The molecule has 0 aliphatic heterocycles. The van der Waals surface area contributed by atoms with Gasteiger partial charge in [-0.1, -0.05) is 0 Å². The monoisotopic (exact) mass is 291 g/mol. The summed E-state index contributed by atoms with van der Waals surface area (Å²) < 4.78 is 52.6. The van der Waals surface area contributed by atoms with E-state index >= 15 is 0 Å². The van der Waals surface area contributed by atoms with Crippen molar-refractivity contribution in [2.45, 2.75) is 29.6 Å². The molecule has 1 fully saturated rings. The summed E-state index contributed by atoms with van der Waals surface area (Å²) in [5.41, 5.74) is 5.49. The van der Waals surface area contributed by atoms with Crippen molar-refractivity contribution < 1.29 is 21.9 Å². The summed E-state index contributed by atoms with van der Waals surface area (Å²) in [5, 5.41) is 0. The zero-order valence-electron chi connectivity index (χ0n) is 10.1. The molecule has 1 saturated carbocycles. The first-order valence-corrected chi connectivity index (χ1v) is 7.47. The van der Waals surface area contributed by atoms with Crippen molar-refractivity contribution in [3.8, 4) is 5.75 Å². The number of ether oxygens (including phenoxy) is 1. The molecule has 1 aromatic carbocycles. The molecule has 7 heteroatoms. The molecule has 0 amide bonds. The van der Waals surface area contributed by atoms with Crippen LogP contribution in [0.1, 0.15) is 12.8 Å². The summed E-state index contributed by atoms with van der Waals surface area (Å²) in [6, 6.07) is 5.06. The Labute approximate surface area is 110 Å². The maximum atomic E-state index is 12.3. The standard InChI is InChI=1S/C12H15F2NO3S/c13-12(14)19(16,17)11-3-1-9(2-4-11)18-10-5-8(6-10)7-15/h1-4,8,10,12H,5-7,15H2. The summed E-state index contributed by atoms with van der Waals surface area (Å²) in [6.45, 7) is 0.630. The second kappa shape index (κ2) is 5.42.